The van der Waals surface area contributed by atoms with Crippen molar-refractivity contribution in [1.29, 1.82) is 5.41 Å². The highest BCUT2D eigenvalue weighted by Crippen LogP contribution is 2.38. The molecule has 0 bridgehead atoms. The summed E-state index contributed by atoms with van der Waals surface area (Å²) >= 11 is 0. The lowest BCUT2D eigenvalue weighted by Crippen LogP contribution is -2.81. The monoisotopic (exact) mass is 496 g/mol. The number of carbonyl (C=O) groups is 1. The minimum atomic E-state index is -4.57. The molecule has 0 aromatic carbocycles. The molecule has 0 radical (unpaired) electrons. The normalized spacial score (nSPS) is 18.4. The molecule has 0 saturated carbocycles. The van der Waals surface area contributed by atoms with Crippen molar-refractivity contribution in [1.82, 2.24) is 30.6 Å². The van der Waals surface area contributed by atoms with Crippen LogP contribution in [-0.2, 0) is 15.3 Å². The summed E-state index contributed by atoms with van der Waals surface area (Å²) in [6.07, 6.45) is 2.57. The van der Waals surface area contributed by atoms with Gasteiger partial charge >= 0.3 is 12.1 Å². The molecule has 1 atom stereocenters. The smallest absolute Gasteiger partial charge is 0.422 e. The van der Waals surface area contributed by atoms with Crippen LogP contribution >= 0.6 is 0 Å². The predicted molar refractivity (Wildman–Crippen MR) is 117 cm³/mol. The van der Waals surface area contributed by atoms with Crippen LogP contribution < -0.4 is 26.0 Å². The number of anilines is 2. The Kier molecular flexibility index (Phi) is 8.14. The second-order valence-electron chi connectivity index (χ2n) is 7.30. The van der Waals surface area contributed by atoms with E-state index in [4.69, 9.17) is 14.9 Å². The molecule has 2 aromatic rings. The van der Waals surface area contributed by atoms with Crippen molar-refractivity contribution in [2.24, 2.45) is 0 Å². The van der Waals surface area contributed by atoms with E-state index < -0.39 is 24.4 Å². The van der Waals surface area contributed by atoms with E-state index in [1.54, 1.807) is 7.05 Å². The SMILES string of the molecule is CNC(=O)/C([NH2+]C)=C(/C=N)NC1(c2nc(OCC(F)(F)F)cnc2Nc2cncnc2)CCCO1. The van der Waals surface area contributed by atoms with Crippen LogP contribution in [0.5, 0.6) is 5.88 Å². The Morgan fingerprint density at radius 1 is 1.34 bits per heavy atom. The molecule has 1 amide bonds. The Bertz CT molecular complexity index is 1070. The van der Waals surface area contributed by atoms with Gasteiger partial charge in [0.05, 0.1) is 37.9 Å². The van der Waals surface area contributed by atoms with Gasteiger partial charge < -0.3 is 36.2 Å². The van der Waals surface area contributed by atoms with Crippen LogP contribution in [-0.4, -0.2) is 65.5 Å². The van der Waals surface area contributed by atoms with E-state index in [2.05, 4.69) is 35.9 Å². The van der Waals surface area contributed by atoms with Gasteiger partial charge in [-0.1, -0.05) is 0 Å². The maximum absolute atomic E-state index is 12.7. The Labute approximate surface area is 198 Å². The zero-order valence-electron chi connectivity index (χ0n) is 18.9. The lowest BCUT2D eigenvalue weighted by Gasteiger charge is -2.31. The van der Waals surface area contributed by atoms with E-state index in [0.29, 0.717) is 18.5 Å². The maximum atomic E-state index is 12.7. The summed E-state index contributed by atoms with van der Waals surface area (Å²) in [4.78, 5) is 28.7. The van der Waals surface area contributed by atoms with Gasteiger partial charge in [0.1, 0.15) is 17.7 Å². The lowest BCUT2D eigenvalue weighted by molar-refractivity contribution is -0.571. The summed E-state index contributed by atoms with van der Waals surface area (Å²) in [6.45, 7) is -1.27. The van der Waals surface area contributed by atoms with E-state index in [-0.39, 0.29) is 35.4 Å². The predicted octanol–water partition coefficient (Wildman–Crippen LogP) is 0.304. The second-order valence-corrected chi connectivity index (χ2v) is 7.30. The number of nitrogens with one attached hydrogen (secondary N) is 4. The van der Waals surface area contributed by atoms with Gasteiger partial charge in [0.15, 0.2) is 18.1 Å². The van der Waals surface area contributed by atoms with Crippen molar-refractivity contribution in [3.05, 3.63) is 42.0 Å². The molecule has 1 fully saturated rings. The highest BCUT2D eigenvalue weighted by molar-refractivity contribution is 5.96. The van der Waals surface area contributed by atoms with Gasteiger partial charge in [-0.2, -0.15) is 13.2 Å². The first-order valence-corrected chi connectivity index (χ1v) is 10.5. The zero-order valence-corrected chi connectivity index (χ0v) is 18.9. The summed E-state index contributed by atoms with van der Waals surface area (Å²) in [5.41, 5.74) is -0.634. The Morgan fingerprint density at radius 3 is 2.66 bits per heavy atom. The number of carbonyl (C=O) groups excluding carboxylic acids is 1. The van der Waals surface area contributed by atoms with E-state index in [1.807, 2.05) is 0 Å². The summed E-state index contributed by atoms with van der Waals surface area (Å²) in [7, 11) is 3.08. The van der Waals surface area contributed by atoms with Gasteiger partial charge in [0.2, 0.25) is 11.6 Å². The summed E-state index contributed by atoms with van der Waals surface area (Å²) in [5, 5.41) is 17.9. The van der Waals surface area contributed by atoms with Gasteiger partial charge in [-0.25, -0.2) is 19.9 Å². The molecular formula is C20H25F3N9O3+. The van der Waals surface area contributed by atoms with E-state index in [9.17, 15) is 18.0 Å². The number of quaternary nitrogens is 1. The largest absolute Gasteiger partial charge is 0.467 e. The number of rotatable bonds is 10. The quantitative estimate of drug-likeness (QED) is 0.230. The Morgan fingerprint density at radius 2 is 2.09 bits per heavy atom. The molecule has 2 aromatic heterocycles. The van der Waals surface area contributed by atoms with Gasteiger partial charge in [-0.3, -0.25) is 4.79 Å². The average Bonchev–Trinajstić information content (AvgIpc) is 3.32. The lowest BCUT2D eigenvalue weighted by atomic mass is 10.0. The summed E-state index contributed by atoms with van der Waals surface area (Å²) < 4.78 is 49.0. The Hall–Kier alpha value is -3.85. The topological polar surface area (TPSA) is 164 Å². The molecule has 0 spiro atoms. The number of nitrogens with two attached hydrogens (primary N) is 1. The van der Waals surface area contributed by atoms with Gasteiger partial charge in [0, 0.05) is 19.7 Å². The highest BCUT2D eigenvalue weighted by atomic mass is 19.4. The third-order valence-electron chi connectivity index (χ3n) is 4.89. The van der Waals surface area contributed by atoms with E-state index in [0.717, 1.165) is 12.4 Å². The summed E-state index contributed by atoms with van der Waals surface area (Å²) in [5.74, 6) is -0.683. The van der Waals surface area contributed by atoms with Crippen LogP contribution in [0.2, 0.25) is 0 Å². The molecule has 1 unspecified atom stereocenters. The minimum absolute atomic E-state index is 0.0743. The molecule has 3 rings (SSSR count). The number of likely N-dealkylation sites (N-methyl/N-ethyl adjacent to an activating group) is 2. The standard InChI is InChI=1S/C20H24F3N9O3/c1-25-15(18(33)26-2)13(6-24)32-19(4-3-5-35-19)16-17(30-12-7-27-11-28-8-12)29-9-14(31-16)34-10-20(21,22)23/h6-9,11,24-25,32H,3-5,10H2,1-2H3,(H,26,33)(H,29,30)/p+1/b15-13+,24-6?. The number of aromatic nitrogens is 4. The second kappa shape index (κ2) is 11.1. The van der Waals surface area contributed by atoms with Crippen LogP contribution in [0.15, 0.2) is 36.3 Å². The van der Waals surface area contributed by atoms with Crippen molar-refractivity contribution < 1.29 is 32.8 Å². The Balaban J connectivity index is 2.10. The van der Waals surface area contributed by atoms with E-state index in [1.165, 1.54) is 31.1 Å². The molecular weight excluding hydrogens is 471 g/mol. The molecule has 3 heterocycles. The third kappa shape index (κ3) is 6.39. The molecule has 12 nitrogen and oxygen atoms in total. The number of alkyl halides is 3. The minimum Gasteiger partial charge on any atom is -0.467 e. The van der Waals surface area contributed by atoms with Crippen molar-refractivity contribution >= 4 is 23.6 Å². The number of allylic oxidation sites excluding steroid dienone is 1. The number of hydrogen-bond acceptors (Lipinski definition) is 10. The van der Waals surface area contributed by atoms with Gasteiger partial charge in [-0.15, -0.1) is 0 Å². The van der Waals surface area contributed by atoms with Crippen LogP contribution in [0.3, 0.4) is 0 Å². The molecule has 0 aliphatic carbocycles. The molecule has 188 valence electrons. The van der Waals surface area contributed by atoms with Crippen molar-refractivity contribution in [3.8, 4) is 5.88 Å². The number of nitrogens with zero attached hydrogens (tertiary/aromatic N) is 4. The van der Waals surface area contributed by atoms with Crippen LogP contribution in [0.4, 0.5) is 24.7 Å². The highest BCUT2D eigenvalue weighted by Gasteiger charge is 2.43. The van der Waals surface area contributed by atoms with Crippen LogP contribution in [0.25, 0.3) is 0 Å². The van der Waals surface area contributed by atoms with Gasteiger partial charge in [0.25, 0.3) is 0 Å². The number of ether oxygens (including phenoxy) is 2. The fourth-order valence-corrected chi connectivity index (χ4v) is 3.40. The molecule has 1 saturated heterocycles. The average molecular weight is 496 g/mol. The van der Waals surface area contributed by atoms with Crippen LogP contribution in [0.1, 0.15) is 18.5 Å². The molecule has 15 heteroatoms. The molecule has 1 aliphatic rings. The fourth-order valence-electron chi connectivity index (χ4n) is 3.40. The zero-order chi connectivity index (χ0) is 25.5. The molecule has 35 heavy (non-hydrogen) atoms. The number of hydrogen-bond donors (Lipinski definition) is 5. The first-order chi connectivity index (χ1) is 16.7. The number of amides is 1. The van der Waals surface area contributed by atoms with Crippen LogP contribution in [0, 0.1) is 5.41 Å². The number of halogens is 3. The fraction of sp³-hybridized carbons (Fsp3) is 0.400. The van der Waals surface area contributed by atoms with Gasteiger partial charge in [-0.05, 0) is 6.42 Å². The first-order valence-electron chi connectivity index (χ1n) is 10.5. The van der Waals surface area contributed by atoms with E-state index >= 15 is 0 Å². The first kappa shape index (κ1) is 25.8. The summed E-state index contributed by atoms with van der Waals surface area (Å²) in [6, 6.07) is 0. The molecule has 1 aliphatic heterocycles. The molecule has 6 N–H and O–H groups in total. The third-order valence-corrected chi connectivity index (χ3v) is 4.89. The maximum Gasteiger partial charge on any atom is 0.422 e. The van der Waals surface area contributed by atoms with Crippen molar-refractivity contribution in [2.45, 2.75) is 24.7 Å². The van der Waals surface area contributed by atoms with Crippen molar-refractivity contribution in [3.63, 3.8) is 0 Å². The van der Waals surface area contributed by atoms with Crippen molar-refractivity contribution in [2.75, 3.05) is 32.6 Å².